The number of hydrogen-bond acceptors (Lipinski definition) is 1. The Hall–Kier alpha value is 0.574. The number of amides is 1. The molecule has 1 fully saturated rings. The molecule has 0 bridgehead atoms. The Morgan fingerprint density at radius 3 is 2.17 bits per heavy atom. The molecule has 0 aromatic carbocycles. The van der Waals surface area contributed by atoms with E-state index in [2.05, 4.69) is 12.2 Å². The van der Waals surface area contributed by atoms with Crippen molar-refractivity contribution >= 4 is 5.91 Å². The summed E-state index contributed by atoms with van der Waals surface area (Å²) in [6.45, 7) is 3.63. The minimum atomic E-state index is -0.0237. The van der Waals surface area contributed by atoms with E-state index in [0.717, 1.165) is 12.8 Å². The van der Waals surface area contributed by atoms with Crippen LogP contribution in [0, 0.1) is 0 Å². The summed E-state index contributed by atoms with van der Waals surface area (Å²) in [5.74, 6) is -0.0191. The fraction of sp³-hybridized carbons (Fsp3) is 0.889. The molecule has 0 heterocycles. The van der Waals surface area contributed by atoms with Gasteiger partial charge < -0.3 is 10.1 Å². The smallest absolute Gasteiger partial charge is 0.0483 e. The Bertz CT molecular complexity index is 153. The third kappa shape index (κ3) is 4.00. The Morgan fingerprint density at radius 2 is 1.75 bits per heavy atom. The predicted octanol–water partition coefficient (Wildman–Crippen LogP) is 2.63. The minimum absolute atomic E-state index is 0. The maximum absolute atomic E-state index is 10.8. The van der Waals surface area contributed by atoms with E-state index in [1.165, 1.54) is 19.3 Å². The van der Waals surface area contributed by atoms with Crippen molar-refractivity contribution < 1.29 is 37.5 Å². The van der Waals surface area contributed by atoms with E-state index < -0.39 is 0 Å². The van der Waals surface area contributed by atoms with E-state index >= 15 is 0 Å². The van der Waals surface area contributed by atoms with Crippen LogP contribution in [0.1, 0.15) is 46.0 Å². The first-order valence-corrected chi connectivity index (χ1v) is 4.36. The Labute approximate surface area is 99.7 Å². The number of carbonyl (C=O) groups is 1. The molecule has 1 rings (SSSR count). The minimum Gasteiger partial charge on any atom is -0.649 e. The second-order valence-corrected chi connectivity index (χ2v) is 3.69. The maximum atomic E-state index is 10.8. The molecule has 0 aromatic heterocycles. The van der Waals surface area contributed by atoms with Gasteiger partial charge in [-0.1, -0.05) is 39.0 Å². The van der Waals surface area contributed by atoms with Crippen molar-refractivity contribution in [2.24, 2.45) is 0 Å². The number of rotatable bonds is 1. The van der Waals surface area contributed by atoms with Crippen LogP contribution < -0.4 is 0 Å². The molecule has 1 aliphatic rings. The molecule has 0 unspecified atom stereocenters. The molecule has 0 aliphatic heterocycles. The number of carbonyl (C=O) groups excluding carboxylic acids is 1. The van der Waals surface area contributed by atoms with Crippen molar-refractivity contribution in [3.8, 4) is 0 Å². The third-order valence-corrected chi connectivity index (χ3v) is 2.36. The SMILES string of the molecule is CC(=O)[N-]C1(C)CCCCC1.[Y]. The van der Waals surface area contributed by atoms with Gasteiger partial charge in [0.25, 0.3) is 0 Å². The molecule has 1 radical (unpaired) electrons. The molecule has 1 aliphatic carbocycles. The first-order valence-electron chi connectivity index (χ1n) is 4.36. The molecule has 0 saturated heterocycles. The summed E-state index contributed by atoms with van der Waals surface area (Å²) < 4.78 is 0. The van der Waals surface area contributed by atoms with Crippen molar-refractivity contribution in [1.29, 1.82) is 0 Å². The molecular formula is C9H16NOY-. The first-order chi connectivity index (χ1) is 5.12. The van der Waals surface area contributed by atoms with Gasteiger partial charge in [-0.25, -0.2) is 0 Å². The van der Waals surface area contributed by atoms with Crippen LogP contribution in [-0.4, -0.2) is 11.4 Å². The molecule has 0 aromatic rings. The van der Waals surface area contributed by atoms with E-state index in [0.29, 0.717) is 0 Å². The van der Waals surface area contributed by atoms with Crippen LogP contribution in [-0.2, 0) is 37.5 Å². The standard InChI is InChI=1S/C9H17NO.Y/c1-8(11)10-9(2)6-4-3-5-7-9;/h3-7H2,1-2H3,(H,10,11);/p-1. The van der Waals surface area contributed by atoms with Crippen molar-refractivity contribution in [2.75, 3.05) is 0 Å². The van der Waals surface area contributed by atoms with Gasteiger partial charge >= 0.3 is 0 Å². The average molecular weight is 243 g/mol. The summed E-state index contributed by atoms with van der Waals surface area (Å²) in [5.41, 5.74) is -0.0237. The molecule has 3 heteroatoms. The van der Waals surface area contributed by atoms with Crippen molar-refractivity contribution in [2.45, 2.75) is 51.5 Å². The van der Waals surface area contributed by atoms with Crippen LogP contribution in [0.5, 0.6) is 0 Å². The summed E-state index contributed by atoms with van der Waals surface area (Å²) >= 11 is 0. The van der Waals surface area contributed by atoms with E-state index in [4.69, 9.17) is 0 Å². The quantitative estimate of drug-likeness (QED) is 0.696. The normalized spacial score (nSPS) is 20.8. The second kappa shape index (κ2) is 5.34. The molecule has 67 valence electrons. The Balaban J connectivity index is 0.00000121. The van der Waals surface area contributed by atoms with E-state index in [-0.39, 0.29) is 44.2 Å². The molecule has 12 heavy (non-hydrogen) atoms. The largest absolute Gasteiger partial charge is 0.649 e. The van der Waals surface area contributed by atoms with Crippen LogP contribution in [0.4, 0.5) is 0 Å². The zero-order valence-corrected chi connectivity index (χ0v) is 10.8. The Kier molecular flexibility index (Phi) is 5.59. The average Bonchev–Trinajstić information content (AvgIpc) is 1.85. The van der Waals surface area contributed by atoms with Crippen LogP contribution >= 0.6 is 0 Å². The molecular weight excluding hydrogens is 227 g/mol. The molecule has 0 spiro atoms. The summed E-state index contributed by atoms with van der Waals surface area (Å²) in [6.07, 6.45) is 5.95. The summed E-state index contributed by atoms with van der Waals surface area (Å²) in [4.78, 5) is 10.8. The van der Waals surface area contributed by atoms with Crippen molar-refractivity contribution in [3.63, 3.8) is 0 Å². The molecule has 1 amide bonds. The number of hydrogen-bond donors (Lipinski definition) is 0. The van der Waals surface area contributed by atoms with Gasteiger partial charge in [0.15, 0.2) is 0 Å². The monoisotopic (exact) mass is 243 g/mol. The van der Waals surface area contributed by atoms with Crippen molar-refractivity contribution in [3.05, 3.63) is 5.32 Å². The maximum Gasteiger partial charge on any atom is 0.0483 e. The van der Waals surface area contributed by atoms with E-state index in [9.17, 15) is 4.79 Å². The van der Waals surface area contributed by atoms with Crippen molar-refractivity contribution in [1.82, 2.24) is 0 Å². The molecule has 1 saturated carbocycles. The molecule has 0 N–H and O–H groups in total. The van der Waals surface area contributed by atoms with Gasteiger partial charge in [0.05, 0.1) is 0 Å². The zero-order chi connectivity index (χ0) is 8.32. The second-order valence-electron chi connectivity index (χ2n) is 3.69. The zero-order valence-electron chi connectivity index (χ0n) is 7.97. The fourth-order valence-corrected chi connectivity index (χ4v) is 1.81. The predicted molar refractivity (Wildman–Crippen MR) is 45.5 cm³/mol. The molecule has 0 atom stereocenters. The summed E-state index contributed by atoms with van der Waals surface area (Å²) in [5, 5.41) is 4.13. The van der Waals surface area contributed by atoms with Gasteiger partial charge in [0.2, 0.25) is 0 Å². The van der Waals surface area contributed by atoms with Crippen LogP contribution in [0.2, 0.25) is 0 Å². The van der Waals surface area contributed by atoms with Gasteiger partial charge in [0.1, 0.15) is 0 Å². The van der Waals surface area contributed by atoms with Gasteiger partial charge in [0, 0.05) is 38.6 Å². The van der Waals surface area contributed by atoms with E-state index in [1.807, 2.05) is 0 Å². The van der Waals surface area contributed by atoms with Gasteiger partial charge in [-0.3, -0.25) is 0 Å². The van der Waals surface area contributed by atoms with E-state index in [1.54, 1.807) is 6.92 Å². The van der Waals surface area contributed by atoms with Crippen LogP contribution in [0.15, 0.2) is 0 Å². The molecule has 2 nitrogen and oxygen atoms in total. The fourth-order valence-electron chi connectivity index (χ4n) is 1.81. The van der Waals surface area contributed by atoms with Crippen LogP contribution in [0.3, 0.4) is 0 Å². The van der Waals surface area contributed by atoms with Gasteiger partial charge in [-0.05, 0) is 6.92 Å². The number of nitrogens with zero attached hydrogens (tertiary/aromatic N) is 1. The summed E-state index contributed by atoms with van der Waals surface area (Å²) in [6, 6.07) is 0. The Morgan fingerprint density at radius 1 is 1.25 bits per heavy atom. The van der Waals surface area contributed by atoms with Crippen LogP contribution in [0.25, 0.3) is 5.32 Å². The summed E-state index contributed by atoms with van der Waals surface area (Å²) in [7, 11) is 0. The third-order valence-electron chi connectivity index (χ3n) is 2.36. The topological polar surface area (TPSA) is 31.2 Å². The van der Waals surface area contributed by atoms with Gasteiger partial charge in [-0.2, -0.15) is 0 Å². The van der Waals surface area contributed by atoms with Gasteiger partial charge in [-0.15, -0.1) is 5.54 Å². The first kappa shape index (κ1) is 12.6.